The van der Waals surface area contributed by atoms with Gasteiger partial charge in [0.2, 0.25) is 5.91 Å². The van der Waals surface area contributed by atoms with Gasteiger partial charge in [0.25, 0.3) is 5.56 Å². The van der Waals surface area contributed by atoms with Gasteiger partial charge in [-0.15, -0.1) is 0 Å². The fourth-order valence-electron chi connectivity index (χ4n) is 2.73. The smallest absolute Gasteiger partial charge is 0.269 e. The average Bonchev–Trinajstić information content (AvgIpc) is 3.15. The summed E-state index contributed by atoms with van der Waals surface area (Å²) in [4.78, 5) is 29.5. The molecule has 146 valence electrons. The van der Waals surface area contributed by atoms with Gasteiger partial charge < -0.3 is 5.32 Å². The van der Waals surface area contributed by atoms with Crippen molar-refractivity contribution in [2.75, 3.05) is 11.1 Å². The molecule has 2 aromatic carbocycles. The molecule has 0 spiro atoms. The number of para-hydroxylation sites is 1. The molecule has 0 saturated heterocycles. The molecule has 0 aliphatic carbocycles. The van der Waals surface area contributed by atoms with Gasteiger partial charge in [0.15, 0.2) is 10.8 Å². The van der Waals surface area contributed by atoms with Gasteiger partial charge in [0.1, 0.15) is 17.0 Å². The van der Waals surface area contributed by atoms with E-state index >= 15 is 0 Å². The van der Waals surface area contributed by atoms with Crippen LogP contribution in [0.5, 0.6) is 0 Å². The number of H-pyrrole nitrogens is 1. The number of nitrogens with zero attached hydrogens (tertiary/aromatic N) is 3. The van der Waals surface area contributed by atoms with Crippen molar-refractivity contribution < 1.29 is 13.6 Å². The van der Waals surface area contributed by atoms with Crippen LogP contribution in [0.15, 0.2) is 64.7 Å². The van der Waals surface area contributed by atoms with E-state index in [1.165, 1.54) is 10.8 Å². The molecule has 0 saturated carbocycles. The third-order valence-corrected chi connectivity index (χ3v) is 4.88. The summed E-state index contributed by atoms with van der Waals surface area (Å²) in [5.41, 5.74) is 0.566. The van der Waals surface area contributed by atoms with Crippen LogP contribution in [0, 0.1) is 11.6 Å². The van der Waals surface area contributed by atoms with Gasteiger partial charge >= 0.3 is 0 Å². The molecule has 4 rings (SSSR count). The second-order valence-corrected chi connectivity index (χ2v) is 6.94. The lowest BCUT2D eigenvalue weighted by molar-refractivity contribution is -0.113. The largest absolute Gasteiger partial charge is 0.325 e. The van der Waals surface area contributed by atoms with Crippen molar-refractivity contribution in [3.63, 3.8) is 0 Å². The summed E-state index contributed by atoms with van der Waals surface area (Å²) in [5.74, 6) is -2.22. The first kappa shape index (κ1) is 18.8. The van der Waals surface area contributed by atoms with Crippen molar-refractivity contribution in [2.24, 2.45) is 0 Å². The number of nitrogens with one attached hydrogen (secondary N) is 2. The number of fused-ring (bicyclic) bond motifs is 1. The second kappa shape index (κ2) is 7.84. The molecule has 29 heavy (non-hydrogen) atoms. The van der Waals surface area contributed by atoms with E-state index in [4.69, 9.17) is 0 Å². The maximum absolute atomic E-state index is 13.3. The summed E-state index contributed by atoms with van der Waals surface area (Å²) >= 11 is 1.01. The van der Waals surface area contributed by atoms with Crippen molar-refractivity contribution in [1.29, 1.82) is 0 Å². The second-order valence-electron chi connectivity index (χ2n) is 6.00. The van der Waals surface area contributed by atoms with Gasteiger partial charge in [0.05, 0.1) is 17.6 Å². The first-order chi connectivity index (χ1) is 14.0. The number of hydrogen-bond donors (Lipinski definition) is 2. The number of rotatable bonds is 5. The minimum atomic E-state index is -0.794. The van der Waals surface area contributed by atoms with Crippen LogP contribution in [0.4, 0.5) is 14.5 Å². The Labute approximate surface area is 166 Å². The molecule has 2 heterocycles. The van der Waals surface area contributed by atoms with Crippen molar-refractivity contribution in [3.05, 3.63) is 76.7 Å². The number of aromatic nitrogens is 4. The van der Waals surface area contributed by atoms with Crippen LogP contribution in [0.25, 0.3) is 16.7 Å². The highest BCUT2D eigenvalue weighted by Gasteiger charge is 2.16. The van der Waals surface area contributed by atoms with Crippen LogP contribution in [-0.4, -0.2) is 31.4 Å². The predicted molar refractivity (Wildman–Crippen MR) is 105 cm³/mol. The summed E-state index contributed by atoms with van der Waals surface area (Å²) in [6.45, 7) is 0. The van der Waals surface area contributed by atoms with E-state index in [-0.39, 0.29) is 22.2 Å². The number of amides is 1. The van der Waals surface area contributed by atoms with Crippen LogP contribution in [0.3, 0.4) is 0 Å². The topological polar surface area (TPSA) is 92.7 Å². The van der Waals surface area contributed by atoms with Crippen LogP contribution in [0.1, 0.15) is 0 Å². The van der Waals surface area contributed by atoms with E-state index in [2.05, 4.69) is 20.5 Å². The summed E-state index contributed by atoms with van der Waals surface area (Å²) in [7, 11) is 0. The zero-order chi connectivity index (χ0) is 20.4. The molecule has 2 aromatic heterocycles. The van der Waals surface area contributed by atoms with Gasteiger partial charge in [-0.25, -0.2) is 13.8 Å². The lowest BCUT2D eigenvalue weighted by Gasteiger charge is -2.12. The van der Waals surface area contributed by atoms with E-state index in [1.807, 2.05) is 6.07 Å². The van der Waals surface area contributed by atoms with Gasteiger partial charge in [0, 0.05) is 11.8 Å². The molecule has 0 unspecified atom stereocenters. The molecule has 0 radical (unpaired) electrons. The summed E-state index contributed by atoms with van der Waals surface area (Å²) in [5, 5.41) is 9.51. The van der Waals surface area contributed by atoms with Crippen molar-refractivity contribution in [2.45, 2.75) is 5.16 Å². The molecular weight excluding hydrogens is 400 g/mol. The summed E-state index contributed by atoms with van der Waals surface area (Å²) in [6.07, 6.45) is 1.39. The first-order valence-electron chi connectivity index (χ1n) is 8.41. The normalized spacial score (nSPS) is 11.0. The number of carbonyl (C=O) groups is 1. The van der Waals surface area contributed by atoms with Gasteiger partial charge in [-0.3, -0.25) is 19.3 Å². The van der Waals surface area contributed by atoms with Crippen molar-refractivity contribution >= 4 is 34.4 Å². The van der Waals surface area contributed by atoms with Crippen LogP contribution in [0.2, 0.25) is 0 Å². The third-order valence-electron chi connectivity index (χ3n) is 3.94. The molecule has 1 amide bonds. The minimum Gasteiger partial charge on any atom is -0.325 e. The van der Waals surface area contributed by atoms with Crippen molar-refractivity contribution in [3.8, 4) is 5.69 Å². The first-order valence-corrected chi connectivity index (χ1v) is 9.40. The zero-order valence-electron chi connectivity index (χ0n) is 14.7. The van der Waals surface area contributed by atoms with Crippen LogP contribution in [-0.2, 0) is 4.79 Å². The molecule has 0 aliphatic heterocycles. The van der Waals surface area contributed by atoms with Crippen molar-refractivity contribution in [1.82, 2.24) is 19.7 Å². The molecule has 2 N–H and O–H groups in total. The Bertz CT molecular complexity index is 1240. The number of carbonyl (C=O) groups excluding carboxylic acids is 1. The lowest BCUT2D eigenvalue weighted by atomic mass is 10.3. The highest BCUT2D eigenvalue weighted by Crippen LogP contribution is 2.21. The Morgan fingerprint density at radius 3 is 2.59 bits per heavy atom. The molecular formula is C19H13F2N5O2S. The van der Waals surface area contributed by atoms with E-state index in [0.717, 1.165) is 23.9 Å². The summed E-state index contributed by atoms with van der Waals surface area (Å²) in [6, 6.07) is 11.6. The van der Waals surface area contributed by atoms with E-state index < -0.39 is 17.5 Å². The molecule has 7 nitrogen and oxygen atoms in total. The van der Waals surface area contributed by atoms with Crippen LogP contribution >= 0.6 is 11.8 Å². The van der Waals surface area contributed by atoms with Gasteiger partial charge in [-0.05, 0) is 24.3 Å². The minimum absolute atomic E-state index is 0.00512. The van der Waals surface area contributed by atoms with Gasteiger partial charge in [-0.1, -0.05) is 30.0 Å². The number of benzene rings is 2. The van der Waals surface area contributed by atoms with E-state index in [0.29, 0.717) is 22.8 Å². The van der Waals surface area contributed by atoms with Crippen LogP contribution < -0.4 is 10.9 Å². The number of thioether (sulfide) groups is 1. The molecule has 10 heteroatoms. The Balaban J connectivity index is 1.62. The lowest BCUT2D eigenvalue weighted by Crippen LogP contribution is -2.22. The third kappa shape index (κ3) is 4.02. The average molecular weight is 413 g/mol. The number of hydrogen-bond acceptors (Lipinski definition) is 5. The fraction of sp³-hybridized carbons (Fsp3) is 0.0526. The molecule has 4 aromatic rings. The van der Waals surface area contributed by atoms with E-state index in [9.17, 15) is 18.4 Å². The Morgan fingerprint density at radius 1 is 1.14 bits per heavy atom. The Hall–Kier alpha value is -3.53. The quantitative estimate of drug-likeness (QED) is 0.387. The standard InChI is InChI=1S/C19H13F2N5O2S/c20-11-6-12(21)8-13(7-11)23-16(27)10-29-19-24-17-15(9-22-25-17)18(28)26(19)14-4-2-1-3-5-14/h1-9H,10H2,(H,22,25)(H,23,27). The predicted octanol–water partition coefficient (Wildman–Crippen LogP) is 3.12. The number of halogens is 2. The van der Waals surface area contributed by atoms with Gasteiger partial charge in [-0.2, -0.15) is 5.10 Å². The summed E-state index contributed by atoms with van der Waals surface area (Å²) < 4.78 is 27.9. The maximum atomic E-state index is 13.3. The molecule has 0 aliphatic rings. The Morgan fingerprint density at radius 2 is 1.86 bits per heavy atom. The number of anilines is 1. The maximum Gasteiger partial charge on any atom is 0.269 e. The zero-order valence-corrected chi connectivity index (χ0v) is 15.5. The highest BCUT2D eigenvalue weighted by atomic mass is 32.2. The fourth-order valence-corrected chi connectivity index (χ4v) is 3.53. The molecule has 0 bridgehead atoms. The Kier molecular flexibility index (Phi) is 5.09. The highest BCUT2D eigenvalue weighted by molar-refractivity contribution is 7.99. The van der Waals surface area contributed by atoms with E-state index in [1.54, 1.807) is 24.3 Å². The SMILES string of the molecule is O=C(CSc1nc2[nH]ncc2c(=O)n1-c1ccccc1)Nc1cc(F)cc(F)c1. The molecule has 0 atom stereocenters. The monoisotopic (exact) mass is 413 g/mol. The molecule has 0 fully saturated rings. The number of aromatic amines is 1.